The van der Waals surface area contributed by atoms with Gasteiger partial charge >= 0.3 is 12.1 Å². The molecule has 10 nitrogen and oxygen atoms in total. The van der Waals surface area contributed by atoms with Gasteiger partial charge in [-0.1, -0.05) is 6.07 Å². The molecule has 3 atom stereocenters. The normalized spacial score (nSPS) is 26.9. The van der Waals surface area contributed by atoms with E-state index in [-0.39, 0.29) is 31.2 Å². The van der Waals surface area contributed by atoms with Gasteiger partial charge in [0.05, 0.1) is 25.3 Å². The van der Waals surface area contributed by atoms with Crippen LogP contribution in [-0.2, 0) is 27.2 Å². The number of aromatic nitrogens is 1. The van der Waals surface area contributed by atoms with Crippen LogP contribution in [0.3, 0.4) is 0 Å². The van der Waals surface area contributed by atoms with Gasteiger partial charge in [0.1, 0.15) is 11.9 Å². The highest BCUT2D eigenvalue weighted by molar-refractivity contribution is 5.74. The summed E-state index contributed by atoms with van der Waals surface area (Å²) >= 11 is 0. The number of nitrogens with zero attached hydrogens (tertiary/aromatic N) is 3. The molecule has 0 spiro atoms. The number of nitrogens with one attached hydrogen (secondary N) is 1. The Bertz CT molecular complexity index is 883. The number of pyridine rings is 1. The highest BCUT2D eigenvalue weighted by atomic mass is 16.7. The molecular formula is C25H38N4O6. The van der Waals surface area contributed by atoms with Crippen LogP contribution in [0.5, 0.6) is 0 Å². The number of rotatable bonds is 9. The first-order valence-corrected chi connectivity index (χ1v) is 12.8. The third-order valence-electron chi connectivity index (χ3n) is 7.39. The lowest BCUT2D eigenvalue weighted by Crippen LogP contribution is -2.58. The quantitative estimate of drug-likeness (QED) is 0.448. The summed E-state index contributed by atoms with van der Waals surface area (Å²) in [5, 5.41) is 23.9. The molecule has 3 aliphatic rings. The van der Waals surface area contributed by atoms with E-state index in [1.54, 1.807) is 4.90 Å². The molecule has 1 amide bonds. The predicted molar refractivity (Wildman–Crippen MR) is 129 cm³/mol. The van der Waals surface area contributed by atoms with Crippen LogP contribution in [-0.4, -0.2) is 87.8 Å². The van der Waals surface area contributed by atoms with Gasteiger partial charge in [-0.15, -0.1) is 5.06 Å². The number of ether oxygens (including phenoxy) is 1. The molecule has 1 saturated carbocycles. The Balaban J connectivity index is 1.36. The molecule has 1 aliphatic carbocycles. The second-order valence-electron chi connectivity index (χ2n) is 10.1. The van der Waals surface area contributed by atoms with Gasteiger partial charge in [-0.2, -0.15) is 0 Å². The maximum Gasteiger partial charge on any atom is 0.429 e. The molecule has 35 heavy (non-hydrogen) atoms. The fraction of sp³-hybridized carbons (Fsp3) is 0.720. The number of hydrogen-bond acceptors (Lipinski definition) is 8. The molecule has 2 unspecified atom stereocenters. The van der Waals surface area contributed by atoms with Gasteiger partial charge in [0.25, 0.3) is 0 Å². The second-order valence-corrected chi connectivity index (χ2v) is 10.1. The van der Waals surface area contributed by atoms with Gasteiger partial charge in [0.2, 0.25) is 0 Å². The molecule has 4 rings (SSSR count). The van der Waals surface area contributed by atoms with E-state index in [1.165, 1.54) is 10.6 Å². The Hall–Kier alpha value is -2.43. The monoisotopic (exact) mass is 490 g/mol. The summed E-state index contributed by atoms with van der Waals surface area (Å²) in [5.41, 5.74) is 2.33. The summed E-state index contributed by atoms with van der Waals surface area (Å²) in [5.74, 6) is 0.291. The maximum atomic E-state index is 13.1. The van der Waals surface area contributed by atoms with Gasteiger partial charge in [0.15, 0.2) is 0 Å². The van der Waals surface area contributed by atoms with E-state index in [1.807, 2.05) is 13.8 Å². The van der Waals surface area contributed by atoms with Crippen LogP contribution in [0.25, 0.3) is 0 Å². The van der Waals surface area contributed by atoms with E-state index in [0.717, 1.165) is 56.6 Å². The van der Waals surface area contributed by atoms with Gasteiger partial charge in [-0.25, -0.2) is 9.78 Å². The van der Waals surface area contributed by atoms with Gasteiger partial charge in [-0.05, 0) is 76.3 Å². The van der Waals surface area contributed by atoms with Crippen molar-refractivity contribution in [3.05, 3.63) is 23.4 Å². The molecule has 1 saturated heterocycles. The lowest BCUT2D eigenvalue weighted by atomic mass is 9.76. The molecule has 0 bridgehead atoms. The van der Waals surface area contributed by atoms with Crippen LogP contribution in [0.2, 0.25) is 0 Å². The highest BCUT2D eigenvalue weighted by Crippen LogP contribution is 2.37. The van der Waals surface area contributed by atoms with Crippen molar-refractivity contribution in [2.45, 2.75) is 83.0 Å². The first-order chi connectivity index (χ1) is 16.9. The largest absolute Gasteiger partial charge is 0.480 e. The summed E-state index contributed by atoms with van der Waals surface area (Å²) in [6.07, 6.45) is 4.90. The molecular weight excluding hydrogens is 452 g/mol. The minimum Gasteiger partial charge on any atom is -0.480 e. The lowest BCUT2D eigenvalue weighted by molar-refractivity contribution is -0.211. The van der Waals surface area contributed by atoms with Gasteiger partial charge in [-0.3, -0.25) is 9.69 Å². The second kappa shape index (κ2) is 11.5. The first-order valence-electron chi connectivity index (χ1n) is 12.8. The zero-order valence-corrected chi connectivity index (χ0v) is 20.7. The number of hydroxylamine groups is 2. The fourth-order valence-electron chi connectivity index (χ4n) is 5.38. The van der Waals surface area contributed by atoms with Crippen LogP contribution < -0.4 is 5.32 Å². The third-order valence-corrected chi connectivity index (χ3v) is 7.39. The number of amides is 1. The Morgan fingerprint density at radius 3 is 2.71 bits per heavy atom. The molecule has 10 heteroatoms. The summed E-state index contributed by atoms with van der Waals surface area (Å²) in [4.78, 5) is 37.1. The Kier molecular flexibility index (Phi) is 8.46. The predicted octanol–water partition coefficient (Wildman–Crippen LogP) is 2.45. The van der Waals surface area contributed by atoms with Crippen molar-refractivity contribution >= 4 is 17.9 Å². The number of hydrogen-bond donors (Lipinski definition) is 3. The average Bonchev–Trinajstić information content (AvgIpc) is 2.80. The Labute approximate surface area is 206 Å². The molecule has 1 aromatic heterocycles. The molecule has 2 fully saturated rings. The number of carbonyl (C=O) groups excluding carboxylic acids is 1. The number of carboxylic acids is 1. The van der Waals surface area contributed by atoms with E-state index >= 15 is 0 Å². The van der Waals surface area contributed by atoms with E-state index in [9.17, 15) is 19.8 Å². The lowest BCUT2D eigenvalue weighted by Gasteiger charge is -2.45. The number of aryl methyl sites for hydroxylation is 2. The smallest absolute Gasteiger partial charge is 0.429 e. The van der Waals surface area contributed by atoms with E-state index in [0.29, 0.717) is 19.1 Å². The minimum absolute atomic E-state index is 0.00988. The van der Waals surface area contributed by atoms with Gasteiger partial charge in [0, 0.05) is 24.9 Å². The topological polar surface area (TPSA) is 124 Å². The van der Waals surface area contributed by atoms with Crippen molar-refractivity contribution in [1.82, 2.24) is 14.9 Å². The van der Waals surface area contributed by atoms with Crippen molar-refractivity contribution in [2.24, 2.45) is 5.92 Å². The van der Waals surface area contributed by atoms with Crippen LogP contribution in [0.4, 0.5) is 10.6 Å². The number of aliphatic hydroxyl groups is 1. The number of aliphatic hydroxyl groups excluding tert-OH is 1. The highest BCUT2D eigenvalue weighted by Gasteiger charge is 2.43. The fourth-order valence-corrected chi connectivity index (χ4v) is 5.38. The van der Waals surface area contributed by atoms with Crippen molar-refractivity contribution in [3.8, 4) is 0 Å². The Morgan fingerprint density at radius 1 is 1.29 bits per heavy atom. The van der Waals surface area contributed by atoms with Crippen molar-refractivity contribution in [2.75, 3.05) is 31.7 Å². The molecule has 1 aromatic rings. The van der Waals surface area contributed by atoms with Crippen LogP contribution >= 0.6 is 0 Å². The number of morpholine rings is 1. The van der Waals surface area contributed by atoms with E-state index < -0.39 is 18.1 Å². The zero-order chi connectivity index (χ0) is 24.9. The standard InChI is InChI=1S/C25H38N4O6/c1-16-14-34-15-17(2)28(16)25(33)35-29(22(9-11-30)24(31)32)21-12-18(13-21)5-7-20-8-6-19-4-3-10-26-23(19)27-20/h6,8,16-18,21-22,30H,3-5,7,9-15H2,1-2H3,(H,26,27)(H,31,32)/t16?,17?,18?,21?,22-/m0/s1. The Morgan fingerprint density at radius 2 is 2.03 bits per heavy atom. The van der Waals surface area contributed by atoms with Crippen LogP contribution in [0, 0.1) is 5.92 Å². The number of aliphatic carboxylic acids is 1. The van der Waals surface area contributed by atoms with Crippen LogP contribution in [0.1, 0.15) is 57.2 Å². The summed E-state index contributed by atoms with van der Waals surface area (Å²) in [6, 6.07) is 2.65. The minimum atomic E-state index is -1.11. The molecule has 2 aliphatic heterocycles. The number of carbonyl (C=O) groups is 2. The maximum absolute atomic E-state index is 13.1. The molecule has 194 valence electrons. The average molecular weight is 491 g/mol. The van der Waals surface area contributed by atoms with Crippen LogP contribution in [0.15, 0.2) is 12.1 Å². The van der Waals surface area contributed by atoms with Crippen molar-refractivity contribution < 1.29 is 29.4 Å². The molecule has 3 heterocycles. The third kappa shape index (κ3) is 6.05. The number of anilines is 1. The van der Waals surface area contributed by atoms with Gasteiger partial charge < -0.3 is 25.1 Å². The first kappa shape index (κ1) is 25.7. The summed E-state index contributed by atoms with van der Waals surface area (Å²) < 4.78 is 5.49. The molecule has 0 aromatic carbocycles. The summed E-state index contributed by atoms with van der Waals surface area (Å²) in [6.45, 7) is 5.25. The molecule has 0 radical (unpaired) electrons. The SMILES string of the molecule is CC1COCC(C)N1C(=O)ON(C1CC(CCc2ccc3c(n2)NCCC3)C1)[C@@H](CCO)C(=O)O. The van der Waals surface area contributed by atoms with Crippen molar-refractivity contribution in [1.29, 1.82) is 0 Å². The zero-order valence-electron chi connectivity index (χ0n) is 20.7. The number of fused-ring (bicyclic) bond motifs is 1. The molecule has 3 N–H and O–H groups in total. The van der Waals surface area contributed by atoms with Crippen molar-refractivity contribution in [3.63, 3.8) is 0 Å². The summed E-state index contributed by atoms with van der Waals surface area (Å²) in [7, 11) is 0. The van der Waals surface area contributed by atoms with E-state index in [4.69, 9.17) is 14.6 Å². The van der Waals surface area contributed by atoms with E-state index in [2.05, 4.69) is 17.4 Å². The number of carboxylic acid groups (broad SMARTS) is 1.